The zero-order chi connectivity index (χ0) is 9.38. The summed E-state index contributed by atoms with van der Waals surface area (Å²) in [5, 5.41) is 4.49. The number of hydrogen-bond donors (Lipinski definition) is 0. The highest BCUT2D eigenvalue weighted by molar-refractivity contribution is 5.45. The van der Waals surface area contributed by atoms with Crippen molar-refractivity contribution in [3.8, 4) is 0 Å². The van der Waals surface area contributed by atoms with Crippen LogP contribution in [-0.2, 0) is 13.5 Å². The third-order valence-electron chi connectivity index (χ3n) is 4.17. The van der Waals surface area contributed by atoms with Gasteiger partial charge in [0.05, 0.1) is 5.69 Å². The van der Waals surface area contributed by atoms with Gasteiger partial charge in [-0.05, 0) is 30.6 Å². The quantitative estimate of drug-likeness (QED) is 0.591. The minimum atomic E-state index is 0.556. The second-order valence-electron chi connectivity index (χ2n) is 5.18. The second-order valence-corrected chi connectivity index (χ2v) is 5.18. The standard InChI is InChI=1S/C11H16N2/c1-6-9-8(13(4)12-6)5-7-10(9)11(7,2)3/h7,10H,5H2,1-4H3/t7-,10-/m1/s1. The Morgan fingerprint density at radius 1 is 1.46 bits per heavy atom. The number of rotatable bonds is 0. The average molecular weight is 176 g/mol. The van der Waals surface area contributed by atoms with Gasteiger partial charge in [-0.2, -0.15) is 5.10 Å². The van der Waals surface area contributed by atoms with Gasteiger partial charge in [-0.15, -0.1) is 0 Å². The zero-order valence-electron chi connectivity index (χ0n) is 8.76. The van der Waals surface area contributed by atoms with Crippen molar-refractivity contribution in [2.75, 3.05) is 0 Å². The molecule has 0 radical (unpaired) electrons. The Kier molecular flexibility index (Phi) is 1.07. The summed E-state index contributed by atoms with van der Waals surface area (Å²) in [6.07, 6.45) is 1.25. The van der Waals surface area contributed by atoms with E-state index < -0.39 is 0 Å². The van der Waals surface area contributed by atoms with E-state index in [1.807, 2.05) is 0 Å². The Morgan fingerprint density at radius 3 is 2.85 bits per heavy atom. The van der Waals surface area contributed by atoms with Crippen molar-refractivity contribution in [2.24, 2.45) is 18.4 Å². The van der Waals surface area contributed by atoms with Gasteiger partial charge in [0.1, 0.15) is 0 Å². The number of aryl methyl sites for hydroxylation is 2. The van der Waals surface area contributed by atoms with Crippen molar-refractivity contribution in [2.45, 2.75) is 33.1 Å². The van der Waals surface area contributed by atoms with Crippen LogP contribution in [0.5, 0.6) is 0 Å². The highest BCUT2D eigenvalue weighted by atomic mass is 15.3. The van der Waals surface area contributed by atoms with Crippen LogP contribution in [0.4, 0.5) is 0 Å². The Morgan fingerprint density at radius 2 is 2.15 bits per heavy atom. The Bertz CT molecular complexity index is 387. The predicted octanol–water partition coefficient (Wildman–Crippen LogP) is 2.02. The monoisotopic (exact) mass is 176 g/mol. The molecule has 2 nitrogen and oxygen atoms in total. The lowest BCUT2D eigenvalue weighted by Crippen LogP contribution is -2.03. The minimum Gasteiger partial charge on any atom is -0.272 e. The molecule has 0 N–H and O–H groups in total. The van der Waals surface area contributed by atoms with Crippen LogP contribution in [-0.4, -0.2) is 9.78 Å². The molecule has 3 rings (SSSR count). The number of hydrogen-bond acceptors (Lipinski definition) is 1. The van der Waals surface area contributed by atoms with E-state index in [9.17, 15) is 0 Å². The molecule has 1 fully saturated rings. The molecule has 0 unspecified atom stereocenters. The van der Waals surface area contributed by atoms with Crippen LogP contribution < -0.4 is 0 Å². The SMILES string of the molecule is Cc1nn(C)c2c1[C@H]1[C@@H](C2)C1(C)C. The fraction of sp³-hybridized carbons (Fsp3) is 0.727. The van der Waals surface area contributed by atoms with Gasteiger partial charge in [0, 0.05) is 18.3 Å². The van der Waals surface area contributed by atoms with Crippen molar-refractivity contribution in [1.82, 2.24) is 9.78 Å². The van der Waals surface area contributed by atoms with Crippen molar-refractivity contribution in [1.29, 1.82) is 0 Å². The van der Waals surface area contributed by atoms with Crippen LogP contribution in [0.1, 0.15) is 36.7 Å². The molecular weight excluding hydrogens is 160 g/mol. The second kappa shape index (κ2) is 1.84. The molecule has 0 aliphatic heterocycles. The fourth-order valence-corrected chi connectivity index (χ4v) is 3.28. The number of aromatic nitrogens is 2. The summed E-state index contributed by atoms with van der Waals surface area (Å²) in [7, 11) is 2.07. The minimum absolute atomic E-state index is 0.556. The first-order valence-electron chi connectivity index (χ1n) is 5.06. The summed E-state index contributed by atoms with van der Waals surface area (Å²) >= 11 is 0. The molecule has 2 atom stereocenters. The fourth-order valence-electron chi connectivity index (χ4n) is 3.28. The van der Waals surface area contributed by atoms with Gasteiger partial charge in [0.2, 0.25) is 0 Å². The zero-order valence-corrected chi connectivity index (χ0v) is 8.76. The summed E-state index contributed by atoms with van der Waals surface area (Å²) in [4.78, 5) is 0. The lowest BCUT2D eigenvalue weighted by atomic mass is 9.98. The first-order valence-corrected chi connectivity index (χ1v) is 5.06. The van der Waals surface area contributed by atoms with Crippen LogP contribution in [0.15, 0.2) is 0 Å². The summed E-state index contributed by atoms with van der Waals surface area (Å²) in [5.41, 5.74) is 4.88. The molecule has 2 aliphatic rings. The Hall–Kier alpha value is -0.790. The highest BCUT2D eigenvalue weighted by Gasteiger charge is 2.63. The van der Waals surface area contributed by atoms with Crippen molar-refractivity contribution in [3.63, 3.8) is 0 Å². The lowest BCUT2D eigenvalue weighted by Gasteiger charge is -2.08. The molecule has 0 saturated heterocycles. The molecular formula is C11H16N2. The molecule has 1 saturated carbocycles. The van der Waals surface area contributed by atoms with Gasteiger partial charge in [0.25, 0.3) is 0 Å². The van der Waals surface area contributed by atoms with Crippen LogP contribution in [0.3, 0.4) is 0 Å². The molecule has 2 heteroatoms. The van der Waals surface area contributed by atoms with Gasteiger partial charge < -0.3 is 0 Å². The van der Waals surface area contributed by atoms with E-state index in [0.29, 0.717) is 5.41 Å². The number of fused-ring (bicyclic) bond motifs is 3. The van der Waals surface area contributed by atoms with Gasteiger partial charge in [-0.25, -0.2) is 0 Å². The smallest absolute Gasteiger partial charge is 0.0631 e. The van der Waals surface area contributed by atoms with E-state index in [4.69, 9.17) is 0 Å². The topological polar surface area (TPSA) is 17.8 Å². The maximum absolute atomic E-state index is 4.49. The molecule has 1 aromatic rings. The third-order valence-corrected chi connectivity index (χ3v) is 4.17. The van der Waals surface area contributed by atoms with E-state index in [2.05, 4.69) is 37.6 Å². The third kappa shape index (κ3) is 0.687. The van der Waals surface area contributed by atoms with Crippen LogP contribution in [0.2, 0.25) is 0 Å². The van der Waals surface area contributed by atoms with Crippen molar-refractivity contribution < 1.29 is 0 Å². The van der Waals surface area contributed by atoms with Crippen molar-refractivity contribution in [3.05, 3.63) is 17.0 Å². The highest BCUT2D eigenvalue weighted by Crippen LogP contribution is 2.70. The summed E-state index contributed by atoms with van der Waals surface area (Å²) < 4.78 is 2.08. The summed E-state index contributed by atoms with van der Waals surface area (Å²) in [6, 6.07) is 0. The Labute approximate surface area is 78.9 Å². The van der Waals surface area contributed by atoms with E-state index in [-0.39, 0.29) is 0 Å². The normalized spacial score (nSPS) is 32.9. The van der Waals surface area contributed by atoms with Gasteiger partial charge >= 0.3 is 0 Å². The lowest BCUT2D eigenvalue weighted by molar-refractivity contribution is 0.527. The van der Waals surface area contributed by atoms with Crippen LogP contribution in [0.25, 0.3) is 0 Å². The largest absolute Gasteiger partial charge is 0.272 e. The van der Waals surface area contributed by atoms with Crippen LogP contribution >= 0.6 is 0 Å². The first kappa shape index (κ1) is 7.60. The molecule has 2 aliphatic carbocycles. The first-order chi connectivity index (χ1) is 6.03. The van der Waals surface area contributed by atoms with Gasteiger partial charge in [-0.3, -0.25) is 4.68 Å². The molecule has 0 bridgehead atoms. The van der Waals surface area contributed by atoms with Gasteiger partial charge in [-0.1, -0.05) is 13.8 Å². The molecule has 70 valence electrons. The molecule has 1 aromatic heterocycles. The van der Waals surface area contributed by atoms with Gasteiger partial charge in [0.15, 0.2) is 0 Å². The molecule has 0 aromatic carbocycles. The van der Waals surface area contributed by atoms with E-state index in [1.54, 1.807) is 5.56 Å². The van der Waals surface area contributed by atoms with E-state index >= 15 is 0 Å². The summed E-state index contributed by atoms with van der Waals surface area (Å²) in [6.45, 7) is 6.92. The van der Waals surface area contributed by atoms with Crippen LogP contribution in [0, 0.1) is 18.3 Å². The molecule has 13 heavy (non-hydrogen) atoms. The molecule has 0 spiro atoms. The van der Waals surface area contributed by atoms with E-state index in [1.165, 1.54) is 17.8 Å². The maximum Gasteiger partial charge on any atom is 0.0631 e. The summed E-state index contributed by atoms with van der Waals surface area (Å²) in [5.74, 6) is 1.72. The van der Waals surface area contributed by atoms with E-state index in [0.717, 1.165) is 11.8 Å². The maximum atomic E-state index is 4.49. The molecule has 0 amide bonds. The van der Waals surface area contributed by atoms with Crippen molar-refractivity contribution >= 4 is 0 Å². The number of nitrogens with zero attached hydrogens (tertiary/aromatic N) is 2. The Balaban J connectivity index is 2.16. The average Bonchev–Trinajstić information content (AvgIpc) is 2.46. The molecule has 1 heterocycles. The predicted molar refractivity (Wildman–Crippen MR) is 51.7 cm³/mol.